The maximum absolute atomic E-state index is 11.1. The van der Waals surface area contributed by atoms with Gasteiger partial charge in [0.05, 0.1) is 27.4 Å². The molecule has 0 N–H and O–H groups in total. The molecule has 1 rings (SSSR count). The van der Waals surface area contributed by atoms with Crippen molar-refractivity contribution in [2.75, 3.05) is 21.3 Å². The monoisotopic (exact) mass is 262 g/mol. The van der Waals surface area contributed by atoms with Crippen LogP contribution in [0.25, 0.3) is 0 Å². The quantitative estimate of drug-likeness (QED) is 0.752. The highest BCUT2D eigenvalue weighted by Crippen LogP contribution is 2.37. The molecule has 0 spiro atoms. The molecule has 19 heavy (non-hydrogen) atoms. The highest BCUT2D eigenvalue weighted by Gasteiger charge is 2.12. The van der Waals surface area contributed by atoms with Gasteiger partial charge >= 0.3 is 0 Å². The molecule has 0 aliphatic rings. The number of ether oxygens (including phenoxy) is 3. The lowest BCUT2D eigenvalue weighted by atomic mass is 10.2. The van der Waals surface area contributed by atoms with E-state index in [9.17, 15) is 4.79 Å². The molecule has 0 aromatic heterocycles. The van der Waals surface area contributed by atoms with E-state index in [-0.39, 0.29) is 6.42 Å². The van der Waals surface area contributed by atoms with Gasteiger partial charge in [-0.3, -0.25) is 4.79 Å². The van der Waals surface area contributed by atoms with Gasteiger partial charge in [0.25, 0.3) is 5.91 Å². The second-order valence-electron chi connectivity index (χ2n) is 3.45. The first-order chi connectivity index (χ1) is 9.15. The number of methoxy groups -OCH3 is 3. The SMILES string of the molecule is COc1cc(C=NC(=O)CC#N)cc(OC)c1OC. The van der Waals surface area contributed by atoms with Crippen molar-refractivity contribution in [3.63, 3.8) is 0 Å². The first-order valence-corrected chi connectivity index (χ1v) is 5.40. The van der Waals surface area contributed by atoms with Gasteiger partial charge in [0.15, 0.2) is 11.5 Å². The van der Waals surface area contributed by atoms with Gasteiger partial charge in [-0.25, -0.2) is 4.99 Å². The van der Waals surface area contributed by atoms with E-state index in [0.717, 1.165) is 0 Å². The third kappa shape index (κ3) is 3.71. The van der Waals surface area contributed by atoms with E-state index in [1.165, 1.54) is 27.5 Å². The summed E-state index contributed by atoms with van der Waals surface area (Å²) < 4.78 is 15.5. The van der Waals surface area contributed by atoms with Gasteiger partial charge in [-0.15, -0.1) is 0 Å². The molecule has 0 bridgehead atoms. The van der Waals surface area contributed by atoms with Crippen LogP contribution in [0.1, 0.15) is 12.0 Å². The van der Waals surface area contributed by atoms with Crippen molar-refractivity contribution in [3.05, 3.63) is 17.7 Å². The van der Waals surface area contributed by atoms with Crippen LogP contribution in [0.5, 0.6) is 17.2 Å². The molecule has 6 heteroatoms. The minimum Gasteiger partial charge on any atom is -0.493 e. The van der Waals surface area contributed by atoms with E-state index < -0.39 is 5.91 Å². The lowest BCUT2D eigenvalue weighted by Crippen LogP contribution is -1.98. The highest BCUT2D eigenvalue weighted by atomic mass is 16.5. The maximum Gasteiger partial charge on any atom is 0.259 e. The van der Waals surface area contributed by atoms with Crippen molar-refractivity contribution in [2.45, 2.75) is 6.42 Å². The lowest BCUT2D eigenvalue weighted by molar-refractivity contribution is -0.116. The molecule has 1 amide bonds. The standard InChI is InChI=1S/C13H14N2O4/c1-17-10-6-9(8-15-12(16)4-5-14)7-11(18-2)13(10)19-3/h6-8H,4H2,1-3H3. The van der Waals surface area contributed by atoms with Crippen LogP contribution in [-0.2, 0) is 4.79 Å². The van der Waals surface area contributed by atoms with Crippen LogP contribution < -0.4 is 14.2 Å². The maximum atomic E-state index is 11.1. The number of hydrogen-bond acceptors (Lipinski definition) is 5. The van der Waals surface area contributed by atoms with Crippen LogP contribution in [0.2, 0.25) is 0 Å². The number of carbonyl (C=O) groups excluding carboxylic acids is 1. The van der Waals surface area contributed by atoms with Gasteiger partial charge < -0.3 is 14.2 Å². The van der Waals surface area contributed by atoms with E-state index in [0.29, 0.717) is 22.8 Å². The molecule has 0 saturated heterocycles. The summed E-state index contributed by atoms with van der Waals surface area (Å²) in [6.07, 6.45) is 1.10. The Labute approximate surface area is 111 Å². The van der Waals surface area contributed by atoms with Crippen molar-refractivity contribution in [1.82, 2.24) is 0 Å². The van der Waals surface area contributed by atoms with Crippen LogP contribution >= 0.6 is 0 Å². The Morgan fingerprint density at radius 2 is 1.84 bits per heavy atom. The molecular weight excluding hydrogens is 248 g/mol. The molecule has 0 atom stereocenters. The van der Waals surface area contributed by atoms with Crippen molar-refractivity contribution in [2.24, 2.45) is 4.99 Å². The first-order valence-electron chi connectivity index (χ1n) is 5.40. The van der Waals surface area contributed by atoms with Crippen LogP contribution in [-0.4, -0.2) is 33.5 Å². The molecular formula is C13H14N2O4. The highest BCUT2D eigenvalue weighted by molar-refractivity contribution is 5.93. The summed E-state index contributed by atoms with van der Waals surface area (Å²) in [6.45, 7) is 0. The number of benzene rings is 1. The Morgan fingerprint density at radius 1 is 1.26 bits per heavy atom. The molecule has 0 unspecified atom stereocenters. The fourth-order valence-electron chi connectivity index (χ4n) is 1.44. The molecule has 0 aliphatic heterocycles. The summed E-state index contributed by atoms with van der Waals surface area (Å²) in [5.41, 5.74) is 0.612. The molecule has 0 saturated carbocycles. The number of nitrogens with zero attached hydrogens (tertiary/aromatic N) is 2. The minimum atomic E-state index is -0.503. The first kappa shape index (κ1) is 14.5. The van der Waals surface area contributed by atoms with E-state index in [1.54, 1.807) is 18.2 Å². The average Bonchev–Trinajstić information content (AvgIpc) is 2.44. The number of aliphatic imine (C=N–C) groups is 1. The predicted octanol–water partition coefficient (Wildman–Crippen LogP) is 1.57. The Bertz CT molecular complexity index is 507. The number of rotatable bonds is 5. The molecule has 0 aliphatic carbocycles. The minimum absolute atomic E-state index is 0.249. The number of carbonyl (C=O) groups is 1. The normalized spacial score (nSPS) is 10.0. The molecule has 0 fully saturated rings. The average molecular weight is 262 g/mol. The summed E-state index contributed by atoms with van der Waals surface area (Å²) in [5.74, 6) is 0.897. The van der Waals surface area contributed by atoms with E-state index in [1.807, 2.05) is 0 Å². The Morgan fingerprint density at radius 3 is 2.26 bits per heavy atom. The van der Waals surface area contributed by atoms with Gasteiger partial charge in [-0.2, -0.15) is 5.26 Å². The third-order valence-corrected chi connectivity index (χ3v) is 2.27. The zero-order valence-electron chi connectivity index (χ0n) is 11.0. The smallest absolute Gasteiger partial charge is 0.259 e. The van der Waals surface area contributed by atoms with Gasteiger partial charge in [0.1, 0.15) is 6.42 Å². The summed E-state index contributed by atoms with van der Waals surface area (Å²) >= 11 is 0. The van der Waals surface area contributed by atoms with Crippen LogP contribution in [0.15, 0.2) is 17.1 Å². The molecule has 0 heterocycles. The van der Waals surface area contributed by atoms with Crippen LogP contribution in [0.4, 0.5) is 0 Å². The Hall–Kier alpha value is -2.55. The van der Waals surface area contributed by atoms with Crippen molar-refractivity contribution >= 4 is 12.1 Å². The third-order valence-electron chi connectivity index (χ3n) is 2.27. The van der Waals surface area contributed by atoms with Crippen molar-refractivity contribution < 1.29 is 19.0 Å². The molecule has 100 valence electrons. The Balaban J connectivity index is 3.10. The van der Waals surface area contributed by atoms with Gasteiger partial charge in [-0.1, -0.05) is 0 Å². The van der Waals surface area contributed by atoms with Crippen LogP contribution in [0.3, 0.4) is 0 Å². The van der Waals surface area contributed by atoms with Gasteiger partial charge in [0.2, 0.25) is 5.75 Å². The van der Waals surface area contributed by atoms with Crippen molar-refractivity contribution in [1.29, 1.82) is 5.26 Å². The second-order valence-corrected chi connectivity index (χ2v) is 3.45. The van der Waals surface area contributed by atoms with E-state index in [4.69, 9.17) is 19.5 Å². The largest absolute Gasteiger partial charge is 0.493 e. The van der Waals surface area contributed by atoms with Gasteiger partial charge in [0, 0.05) is 11.8 Å². The van der Waals surface area contributed by atoms with Crippen molar-refractivity contribution in [3.8, 4) is 23.3 Å². The second kappa shape index (κ2) is 7.01. The summed E-state index contributed by atoms with van der Waals surface area (Å²) in [5, 5.41) is 8.37. The molecule has 1 aromatic rings. The summed E-state index contributed by atoms with van der Waals surface area (Å²) in [4.78, 5) is 14.8. The van der Waals surface area contributed by atoms with E-state index in [2.05, 4.69) is 4.99 Å². The fourth-order valence-corrected chi connectivity index (χ4v) is 1.44. The number of nitriles is 1. The molecule has 6 nitrogen and oxygen atoms in total. The lowest BCUT2D eigenvalue weighted by Gasteiger charge is -2.12. The fraction of sp³-hybridized carbons (Fsp3) is 0.308. The van der Waals surface area contributed by atoms with Gasteiger partial charge in [-0.05, 0) is 12.1 Å². The number of hydrogen-bond donors (Lipinski definition) is 0. The molecule has 1 aromatic carbocycles. The summed E-state index contributed by atoms with van der Waals surface area (Å²) in [7, 11) is 4.50. The zero-order valence-corrected chi connectivity index (χ0v) is 11.0. The molecule has 0 radical (unpaired) electrons. The number of amides is 1. The van der Waals surface area contributed by atoms with E-state index >= 15 is 0 Å². The zero-order chi connectivity index (χ0) is 14.3. The van der Waals surface area contributed by atoms with Crippen LogP contribution in [0, 0.1) is 11.3 Å². The summed E-state index contributed by atoms with van der Waals surface area (Å²) in [6, 6.07) is 5.05. The topological polar surface area (TPSA) is 80.9 Å². The predicted molar refractivity (Wildman–Crippen MR) is 68.9 cm³/mol. The Kier molecular flexibility index (Phi) is 5.35.